The molecule has 0 aliphatic carbocycles. The normalized spacial score (nSPS) is 13.7. The molecule has 90 valence electrons. The minimum absolute atomic E-state index is 0.143. The predicted octanol–water partition coefficient (Wildman–Crippen LogP) is 1.73. The summed E-state index contributed by atoms with van der Waals surface area (Å²) < 4.78 is 28.8. The molecule has 1 atom stereocenters. The molecule has 1 unspecified atom stereocenters. The molecule has 0 radical (unpaired) electrons. The Morgan fingerprint density at radius 2 is 2.12 bits per heavy atom. The van der Waals surface area contributed by atoms with Crippen LogP contribution >= 0.6 is 11.6 Å². The van der Waals surface area contributed by atoms with Crippen LogP contribution in [0.25, 0.3) is 0 Å². The number of anilines is 1. The number of sulfone groups is 1. The highest BCUT2D eigenvalue weighted by Gasteiger charge is 2.23. The Morgan fingerprint density at radius 1 is 1.50 bits per heavy atom. The first kappa shape index (κ1) is 13.3. The highest BCUT2D eigenvalue weighted by atomic mass is 35.5. The van der Waals surface area contributed by atoms with Crippen molar-refractivity contribution in [1.29, 1.82) is 0 Å². The van der Waals surface area contributed by atoms with Gasteiger partial charge in [-0.15, -0.1) is 0 Å². The van der Waals surface area contributed by atoms with Crippen LogP contribution in [0.4, 0.5) is 5.69 Å². The zero-order valence-corrected chi connectivity index (χ0v) is 10.7. The molecule has 1 aromatic carbocycles. The monoisotopic (exact) mass is 263 g/mol. The average Bonchev–Trinajstić information content (AvgIpc) is 2.22. The van der Waals surface area contributed by atoms with Gasteiger partial charge < -0.3 is 10.5 Å². The van der Waals surface area contributed by atoms with E-state index >= 15 is 0 Å². The first-order chi connectivity index (χ1) is 7.39. The molecule has 0 heterocycles. The molecule has 0 aliphatic heterocycles. The van der Waals surface area contributed by atoms with Gasteiger partial charge in [-0.2, -0.15) is 0 Å². The molecule has 0 aliphatic rings. The van der Waals surface area contributed by atoms with Crippen LogP contribution in [0, 0.1) is 0 Å². The number of nitrogen functional groups attached to an aromatic ring is 1. The van der Waals surface area contributed by atoms with Crippen LogP contribution in [0.15, 0.2) is 23.1 Å². The summed E-state index contributed by atoms with van der Waals surface area (Å²) in [4.78, 5) is 0.163. The van der Waals surface area contributed by atoms with E-state index in [1.54, 1.807) is 6.92 Å². The number of methoxy groups -OCH3 is 1. The van der Waals surface area contributed by atoms with Crippen molar-refractivity contribution in [2.24, 2.45) is 0 Å². The van der Waals surface area contributed by atoms with Gasteiger partial charge in [0.05, 0.1) is 27.5 Å². The summed E-state index contributed by atoms with van der Waals surface area (Å²) in [6, 6.07) is 4.29. The molecule has 16 heavy (non-hydrogen) atoms. The van der Waals surface area contributed by atoms with Gasteiger partial charge in [-0.1, -0.05) is 11.6 Å². The van der Waals surface area contributed by atoms with Crippen molar-refractivity contribution in [3.8, 4) is 0 Å². The van der Waals surface area contributed by atoms with Crippen molar-refractivity contribution in [3.63, 3.8) is 0 Å². The van der Waals surface area contributed by atoms with Crippen molar-refractivity contribution in [3.05, 3.63) is 23.2 Å². The van der Waals surface area contributed by atoms with Gasteiger partial charge in [0, 0.05) is 7.11 Å². The molecule has 1 aromatic rings. The number of hydrogen-bond acceptors (Lipinski definition) is 4. The average molecular weight is 264 g/mol. The molecule has 0 bridgehead atoms. The minimum Gasteiger partial charge on any atom is -0.398 e. The Balaban J connectivity index is 3.12. The van der Waals surface area contributed by atoms with E-state index in [4.69, 9.17) is 22.1 Å². The van der Waals surface area contributed by atoms with Gasteiger partial charge in [0.1, 0.15) is 0 Å². The second-order valence-corrected chi connectivity index (χ2v) is 6.27. The molecular formula is C10H14ClNO3S. The van der Waals surface area contributed by atoms with Crippen molar-refractivity contribution in [2.45, 2.75) is 17.1 Å². The molecule has 0 fully saturated rings. The summed E-state index contributed by atoms with van der Waals surface area (Å²) >= 11 is 5.78. The molecule has 0 saturated heterocycles. The fourth-order valence-corrected chi connectivity index (χ4v) is 2.81. The summed E-state index contributed by atoms with van der Waals surface area (Å²) in [5.74, 6) is 0. The van der Waals surface area contributed by atoms with E-state index in [2.05, 4.69) is 0 Å². The summed E-state index contributed by atoms with van der Waals surface area (Å²) in [7, 11) is -1.95. The predicted molar refractivity (Wildman–Crippen MR) is 64.4 cm³/mol. The first-order valence-corrected chi connectivity index (χ1v) is 6.60. The molecule has 4 nitrogen and oxygen atoms in total. The lowest BCUT2D eigenvalue weighted by Gasteiger charge is -2.12. The highest BCUT2D eigenvalue weighted by Crippen LogP contribution is 2.24. The maximum atomic E-state index is 12.0. The zero-order chi connectivity index (χ0) is 12.3. The van der Waals surface area contributed by atoms with Gasteiger partial charge in [-0.25, -0.2) is 8.42 Å². The minimum atomic E-state index is -3.41. The van der Waals surface area contributed by atoms with Gasteiger partial charge in [0.15, 0.2) is 9.84 Å². The molecule has 2 N–H and O–H groups in total. The van der Waals surface area contributed by atoms with Crippen LogP contribution in [0.1, 0.15) is 6.92 Å². The van der Waals surface area contributed by atoms with Gasteiger partial charge in [0.2, 0.25) is 0 Å². The third kappa shape index (κ3) is 2.66. The molecule has 0 amide bonds. The smallest absolute Gasteiger partial charge is 0.183 e. The topological polar surface area (TPSA) is 69.4 Å². The van der Waals surface area contributed by atoms with E-state index in [0.29, 0.717) is 5.69 Å². The molecule has 0 aromatic heterocycles. The molecule has 0 saturated carbocycles. The fourth-order valence-electron chi connectivity index (χ4n) is 1.24. The number of hydrogen-bond donors (Lipinski definition) is 1. The Hall–Kier alpha value is -0.780. The van der Waals surface area contributed by atoms with E-state index < -0.39 is 15.1 Å². The summed E-state index contributed by atoms with van der Waals surface area (Å²) in [6.45, 7) is 1.73. The van der Waals surface area contributed by atoms with Crippen molar-refractivity contribution in [2.75, 3.05) is 19.5 Å². The van der Waals surface area contributed by atoms with Crippen LogP contribution in [-0.4, -0.2) is 27.4 Å². The molecule has 6 heteroatoms. The Bertz CT molecular complexity index is 473. The van der Waals surface area contributed by atoms with Crippen LogP contribution in [0.2, 0.25) is 5.02 Å². The second kappa shape index (κ2) is 5.03. The lowest BCUT2D eigenvalue weighted by Crippen LogP contribution is -2.22. The second-order valence-electron chi connectivity index (χ2n) is 3.49. The first-order valence-electron chi connectivity index (χ1n) is 4.67. The summed E-state index contributed by atoms with van der Waals surface area (Å²) in [6.07, 6.45) is 0. The SMILES string of the molecule is COCC(C)S(=O)(=O)c1ccc(N)c(Cl)c1. The van der Waals surface area contributed by atoms with E-state index in [-0.39, 0.29) is 16.5 Å². The maximum absolute atomic E-state index is 12.0. The van der Waals surface area contributed by atoms with Gasteiger partial charge >= 0.3 is 0 Å². The van der Waals surface area contributed by atoms with Gasteiger partial charge in [0.25, 0.3) is 0 Å². The van der Waals surface area contributed by atoms with Crippen LogP contribution in [0.5, 0.6) is 0 Å². The molecular weight excluding hydrogens is 250 g/mol. The maximum Gasteiger partial charge on any atom is 0.183 e. The van der Waals surface area contributed by atoms with Crippen LogP contribution < -0.4 is 5.73 Å². The van der Waals surface area contributed by atoms with Gasteiger partial charge in [-0.05, 0) is 25.1 Å². The Kier molecular flexibility index (Phi) is 4.18. The van der Waals surface area contributed by atoms with Crippen molar-refractivity contribution >= 4 is 27.1 Å². The fraction of sp³-hybridized carbons (Fsp3) is 0.400. The van der Waals surface area contributed by atoms with E-state index in [1.807, 2.05) is 0 Å². The third-order valence-corrected chi connectivity index (χ3v) is 4.67. The van der Waals surface area contributed by atoms with Crippen molar-refractivity contribution < 1.29 is 13.2 Å². The third-order valence-electron chi connectivity index (χ3n) is 2.23. The Morgan fingerprint density at radius 3 is 2.62 bits per heavy atom. The lowest BCUT2D eigenvalue weighted by atomic mass is 10.3. The highest BCUT2D eigenvalue weighted by molar-refractivity contribution is 7.92. The van der Waals surface area contributed by atoms with E-state index in [9.17, 15) is 8.42 Å². The van der Waals surface area contributed by atoms with E-state index in [1.165, 1.54) is 25.3 Å². The number of halogens is 1. The zero-order valence-electron chi connectivity index (χ0n) is 9.10. The standard InChI is InChI=1S/C10H14ClNO3S/c1-7(6-15-2)16(13,14)8-3-4-10(12)9(11)5-8/h3-5,7H,6,12H2,1-2H3. The van der Waals surface area contributed by atoms with Crippen molar-refractivity contribution in [1.82, 2.24) is 0 Å². The number of ether oxygens (including phenoxy) is 1. The number of rotatable bonds is 4. The Labute approximate surface area is 100 Å². The largest absolute Gasteiger partial charge is 0.398 e. The molecule has 1 rings (SSSR count). The van der Waals surface area contributed by atoms with Gasteiger partial charge in [-0.3, -0.25) is 0 Å². The number of benzene rings is 1. The summed E-state index contributed by atoms with van der Waals surface area (Å²) in [5.41, 5.74) is 5.88. The summed E-state index contributed by atoms with van der Waals surface area (Å²) in [5, 5.41) is -0.372. The van der Waals surface area contributed by atoms with E-state index in [0.717, 1.165) is 0 Å². The quantitative estimate of drug-likeness (QED) is 0.840. The molecule has 0 spiro atoms. The number of nitrogens with two attached hydrogens (primary N) is 1. The lowest BCUT2D eigenvalue weighted by molar-refractivity contribution is 0.200. The van der Waals surface area contributed by atoms with Crippen LogP contribution in [-0.2, 0) is 14.6 Å². The van der Waals surface area contributed by atoms with Crippen LogP contribution in [0.3, 0.4) is 0 Å².